The Bertz CT molecular complexity index is 1120. The number of phenolic OH excluding ortho intramolecular Hbond substituents is 1. The molecule has 30 heavy (non-hydrogen) atoms. The number of piperidine rings is 1. The SMILES string of the molecule is COc1ccc(-c2coc3c(CN4CCC[C@H](C)C4)c(O)ccc3c2=O)cc1OC. The van der Waals surface area contributed by atoms with Crippen molar-refractivity contribution in [3.63, 3.8) is 0 Å². The molecule has 158 valence electrons. The monoisotopic (exact) mass is 409 g/mol. The second kappa shape index (κ2) is 8.40. The van der Waals surface area contributed by atoms with Crippen molar-refractivity contribution in [2.24, 2.45) is 5.92 Å². The molecular weight excluding hydrogens is 382 g/mol. The number of likely N-dealkylation sites (tertiary alicyclic amines) is 1. The molecule has 1 aromatic heterocycles. The van der Waals surface area contributed by atoms with Crippen molar-refractivity contribution in [1.82, 2.24) is 4.90 Å². The molecule has 0 unspecified atom stereocenters. The Balaban J connectivity index is 1.77. The van der Waals surface area contributed by atoms with Crippen LogP contribution in [0.3, 0.4) is 0 Å². The molecule has 3 aromatic rings. The Kier molecular flexibility index (Phi) is 5.68. The van der Waals surface area contributed by atoms with Gasteiger partial charge in [-0.1, -0.05) is 13.0 Å². The van der Waals surface area contributed by atoms with Crippen molar-refractivity contribution in [2.75, 3.05) is 27.3 Å². The molecule has 0 aliphatic carbocycles. The summed E-state index contributed by atoms with van der Waals surface area (Å²) >= 11 is 0. The zero-order valence-corrected chi connectivity index (χ0v) is 17.6. The first-order valence-electron chi connectivity index (χ1n) is 10.2. The van der Waals surface area contributed by atoms with Crippen LogP contribution in [0.25, 0.3) is 22.1 Å². The Morgan fingerprint density at radius 3 is 2.70 bits per heavy atom. The minimum Gasteiger partial charge on any atom is -0.507 e. The summed E-state index contributed by atoms with van der Waals surface area (Å²) in [5, 5.41) is 10.9. The summed E-state index contributed by atoms with van der Waals surface area (Å²) in [5.74, 6) is 1.91. The molecule has 0 spiro atoms. The van der Waals surface area contributed by atoms with Gasteiger partial charge in [0, 0.05) is 13.1 Å². The van der Waals surface area contributed by atoms with Crippen LogP contribution in [0.5, 0.6) is 17.2 Å². The van der Waals surface area contributed by atoms with Crippen LogP contribution >= 0.6 is 0 Å². The van der Waals surface area contributed by atoms with Gasteiger partial charge in [-0.25, -0.2) is 0 Å². The van der Waals surface area contributed by atoms with E-state index in [1.165, 1.54) is 12.7 Å². The Labute approximate surface area is 175 Å². The molecule has 0 amide bonds. The summed E-state index contributed by atoms with van der Waals surface area (Å²) in [6.45, 7) is 4.76. The van der Waals surface area contributed by atoms with Gasteiger partial charge in [-0.15, -0.1) is 0 Å². The van der Waals surface area contributed by atoms with Crippen LogP contribution < -0.4 is 14.9 Å². The fraction of sp³-hybridized carbons (Fsp3) is 0.375. The van der Waals surface area contributed by atoms with Crippen molar-refractivity contribution in [3.8, 4) is 28.4 Å². The van der Waals surface area contributed by atoms with Crippen LogP contribution in [0, 0.1) is 5.92 Å². The maximum Gasteiger partial charge on any atom is 0.200 e. The molecule has 6 heteroatoms. The first-order valence-corrected chi connectivity index (χ1v) is 10.2. The number of hydrogen-bond donors (Lipinski definition) is 1. The number of nitrogens with zero attached hydrogens (tertiary/aromatic N) is 1. The molecular formula is C24H27NO5. The molecule has 0 saturated carbocycles. The first-order chi connectivity index (χ1) is 14.5. The lowest BCUT2D eigenvalue weighted by molar-refractivity contribution is 0.175. The number of aromatic hydroxyl groups is 1. The third-order valence-corrected chi connectivity index (χ3v) is 5.84. The van der Waals surface area contributed by atoms with Crippen LogP contribution in [0.2, 0.25) is 0 Å². The molecule has 1 aliphatic rings. The minimum atomic E-state index is -0.142. The molecule has 1 fully saturated rings. The topological polar surface area (TPSA) is 72.1 Å². The molecule has 0 radical (unpaired) electrons. The number of phenols is 1. The van der Waals surface area contributed by atoms with Crippen LogP contribution in [0.1, 0.15) is 25.3 Å². The summed E-state index contributed by atoms with van der Waals surface area (Å²) < 4.78 is 16.6. The summed E-state index contributed by atoms with van der Waals surface area (Å²) in [6, 6.07) is 8.53. The number of rotatable bonds is 5. The van der Waals surface area contributed by atoms with E-state index in [2.05, 4.69) is 11.8 Å². The van der Waals surface area contributed by atoms with Gasteiger partial charge in [-0.2, -0.15) is 0 Å². The van der Waals surface area contributed by atoms with Crippen molar-refractivity contribution in [2.45, 2.75) is 26.3 Å². The lowest BCUT2D eigenvalue weighted by Crippen LogP contribution is -2.33. The molecule has 2 heterocycles. The van der Waals surface area contributed by atoms with Gasteiger partial charge in [0.05, 0.1) is 30.7 Å². The second-order valence-electron chi connectivity index (χ2n) is 7.97. The van der Waals surface area contributed by atoms with Gasteiger partial charge < -0.3 is 19.0 Å². The predicted octanol–water partition coefficient (Wildman–Crippen LogP) is 4.41. The Morgan fingerprint density at radius 1 is 1.17 bits per heavy atom. The van der Waals surface area contributed by atoms with E-state index in [9.17, 15) is 9.90 Å². The largest absolute Gasteiger partial charge is 0.507 e. The smallest absolute Gasteiger partial charge is 0.200 e. The van der Waals surface area contributed by atoms with Gasteiger partial charge in [0.2, 0.25) is 5.43 Å². The second-order valence-corrected chi connectivity index (χ2v) is 7.97. The number of methoxy groups -OCH3 is 2. The number of benzene rings is 2. The molecule has 1 saturated heterocycles. The molecule has 1 atom stereocenters. The Hall–Kier alpha value is -2.99. The number of hydrogen-bond acceptors (Lipinski definition) is 6. The quantitative estimate of drug-likeness (QED) is 0.673. The summed E-state index contributed by atoms with van der Waals surface area (Å²) in [7, 11) is 3.13. The van der Waals surface area contributed by atoms with Gasteiger partial charge in [-0.05, 0) is 55.1 Å². The van der Waals surface area contributed by atoms with Crippen molar-refractivity contribution in [1.29, 1.82) is 0 Å². The highest BCUT2D eigenvalue weighted by Gasteiger charge is 2.21. The third kappa shape index (κ3) is 3.75. The van der Waals surface area contributed by atoms with E-state index in [1.54, 1.807) is 44.6 Å². The lowest BCUT2D eigenvalue weighted by Gasteiger charge is -2.31. The highest BCUT2D eigenvalue weighted by Crippen LogP contribution is 2.33. The molecule has 4 rings (SSSR count). The van der Waals surface area contributed by atoms with E-state index < -0.39 is 0 Å². The maximum absolute atomic E-state index is 13.3. The average molecular weight is 409 g/mol. The van der Waals surface area contributed by atoms with E-state index in [4.69, 9.17) is 13.9 Å². The van der Waals surface area contributed by atoms with Gasteiger partial charge >= 0.3 is 0 Å². The third-order valence-electron chi connectivity index (χ3n) is 5.84. The van der Waals surface area contributed by atoms with Crippen LogP contribution in [0.15, 0.2) is 45.8 Å². The van der Waals surface area contributed by atoms with Crippen LogP contribution in [-0.2, 0) is 6.54 Å². The molecule has 6 nitrogen and oxygen atoms in total. The molecule has 1 N–H and O–H groups in total. The van der Waals surface area contributed by atoms with Gasteiger partial charge in [-0.3, -0.25) is 9.69 Å². The predicted molar refractivity (Wildman–Crippen MR) is 116 cm³/mol. The zero-order chi connectivity index (χ0) is 21.3. The zero-order valence-electron chi connectivity index (χ0n) is 17.6. The first kappa shape index (κ1) is 20.3. The normalized spacial score (nSPS) is 17.2. The standard InChI is InChI=1S/C24H27NO5/c1-15-5-4-10-25(12-15)13-18-20(26)8-7-17-23(27)19(14-30-24(17)18)16-6-9-21(28-2)22(11-16)29-3/h6-9,11,14-15,26H,4-5,10,12-13H2,1-3H3/t15-/m0/s1. The van der Waals surface area contributed by atoms with Gasteiger partial charge in [0.1, 0.15) is 17.6 Å². The summed E-state index contributed by atoms with van der Waals surface area (Å²) in [4.78, 5) is 15.6. The van der Waals surface area contributed by atoms with E-state index in [0.29, 0.717) is 51.6 Å². The van der Waals surface area contributed by atoms with Crippen molar-refractivity contribution < 1.29 is 19.0 Å². The van der Waals surface area contributed by atoms with Crippen LogP contribution in [0.4, 0.5) is 0 Å². The number of ether oxygens (including phenoxy) is 2. The fourth-order valence-corrected chi connectivity index (χ4v) is 4.26. The van der Waals surface area contributed by atoms with E-state index in [-0.39, 0.29) is 11.2 Å². The van der Waals surface area contributed by atoms with Crippen molar-refractivity contribution in [3.05, 3.63) is 52.4 Å². The fourth-order valence-electron chi connectivity index (χ4n) is 4.26. The molecule has 0 bridgehead atoms. The molecule has 1 aliphatic heterocycles. The summed E-state index contributed by atoms with van der Waals surface area (Å²) in [6.07, 6.45) is 3.83. The maximum atomic E-state index is 13.3. The lowest BCUT2D eigenvalue weighted by atomic mass is 9.99. The van der Waals surface area contributed by atoms with E-state index >= 15 is 0 Å². The van der Waals surface area contributed by atoms with E-state index in [0.717, 1.165) is 19.5 Å². The average Bonchev–Trinajstić information content (AvgIpc) is 2.75. The number of fused-ring (bicyclic) bond motifs is 1. The van der Waals surface area contributed by atoms with Crippen molar-refractivity contribution >= 4 is 11.0 Å². The highest BCUT2D eigenvalue weighted by molar-refractivity contribution is 5.85. The minimum absolute atomic E-state index is 0.142. The van der Waals surface area contributed by atoms with Gasteiger partial charge in [0.25, 0.3) is 0 Å². The Morgan fingerprint density at radius 2 is 1.97 bits per heavy atom. The molecule has 2 aromatic carbocycles. The van der Waals surface area contributed by atoms with Gasteiger partial charge in [0.15, 0.2) is 11.5 Å². The van der Waals surface area contributed by atoms with E-state index in [1.807, 2.05) is 0 Å². The summed E-state index contributed by atoms with van der Waals surface area (Å²) in [5.41, 5.74) is 2.09. The highest BCUT2D eigenvalue weighted by atomic mass is 16.5. The van der Waals surface area contributed by atoms with Crippen LogP contribution in [-0.4, -0.2) is 37.3 Å².